The van der Waals surface area contributed by atoms with Gasteiger partial charge in [0.1, 0.15) is 9.77 Å². The normalized spacial score (nSPS) is 11.1. The van der Waals surface area contributed by atoms with Crippen molar-refractivity contribution in [3.63, 3.8) is 0 Å². The van der Waals surface area contributed by atoms with Crippen LogP contribution >= 0.6 is 34.5 Å². The Balaban J connectivity index is 2.44. The van der Waals surface area contributed by atoms with E-state index in [1.807, 2.05) is 4.72 Å². The highest BCUT2D eigenvalue weighted by Gasteiger charge is 2.28. The first-order chi connectivity index (χ1) is 10.8. The third-order valence-corrected chi connectivity index (χ3v) is 5.54. The van der Waals surface area contributed by atoms with Gasteiger partial charge in [0.2, 0.25) is 0 Å². The molecule has 0 bridgehead atoms. The first-order valence-electron chi connectivity index (χ1n) is 5.81. The van der Waals surface area contributed by atoms with E-state index in [2.05, 4.69) is 9.72 Å². The van der Waals surface area contributed by atoms with E-state index >= 15 is 0 Å². The van der Waals surface area contributed by atoms with E-state index in [9.17, 15) is 18.0 Å². The molecule has 0 aliphatic carbocycles. The molecule has 122 valence electrons. The summed E-state index contributed by atoms with van der Waals surface area (Å²) in [5, 5.41) is -0.226. The molecule has 1 amide bonds. The summed E-state index contributed by atoms with van der Waals surface area (Å²) in [5.74, 6) is -1.84. The molecule has 2 rings (SSSR count). The Hall–Kier alpha value is -1.68. The predicted molar refractivity (Wildman–Crippen MR) is 84.6 cm³/mol. The summed E-state index contributed by atoms with van der Waals surface area (Å²) in [4.78, 5) is 26.8. The molecule has 0 radical (unpaired) electrons. The van der Waals surface area contributed by atoms with Gasteiger partial charge in [0, 0.05) is 0 Å². The molecule has 0 fully saturated rings. The molecule has 1 aromatic carbocycles. The molecule has 0 saturated carbocycles. The molecule has 0 aliphatic rings. The SMILES string of the molecule is COC(=O)c1cccc(Cl)c1S(=O)(=O)NC(=O)c1cnc(Cl)s1. The van der Waals surface area contributed by atoms with E-state index in [0.717, 1.165) is 24.6 Å². The average molecular weight is 395 g/mol. The maximum atomic E-state index is 12.4. The summed E-state index contributed by atoms with van der Waals surface area (Å²) >= 11 is 12.3. The van der Waals surface area contributed by atoms with E-state index in [1.165, 1.54) is 18.2 Å². The number of carbonyl (C=O) groups is 2. The van der Waals surface area contributed by atoms with E-state index in [0.29, 0.717) is 0 Å². The number of hydrogen-bond donors (Lipinski definition) is 1. The molecule has 0 unspecified atom stereocenters. The first kappa shape index (κ1) is 17.7. The summed E-state index contributed by atoms with van der Waals surface area (Å²) in [6, 6.07) is 3.88. The summed E-state index contributed by atoms with van der Waals surface area (Å²) in [7, 11) is -3.32. The van der Waals surface area contributed by atoms with Crippen LogP contribution in [0.2, 0.25) is 9.49 Å². The lowest BCUT2D eigenvalue weighted by atomic mass is 10.2. The molecule has 23 heavy (non-hydrogen) atoms. The minimum Gasteiger partial charge on any atom is -0.465 e. The van der Waals surface area contributed by atoms with Crippen LogP contribution in [0.25, 0.3) is 0 Å². The van der Waals surface area contributed by atoms with Crippen molar-refractivity contribution in [2.24, 2.45) is 0 Å². The van der Waals surface area contributed by atoms with Gasteiger partial charge in [-0.25, -0.2) is 22.9 Å². The molecule has 0 saturated heterocycles. The fourth-order valence-corrected chi connectivity index (χ4v) is 4.23. The molecule has 0 spiro atoms. The molecule has 1 N–H and O–H groups in total. The number of thiazole rings is 1. The zero-order valence-corrected chi connectivity index (χ0v) is 14.5. The zero-order valence-electron chi connectivity index (χ0n) is 11.4. The number of rotatable bonds is 4. The van der Waals surface area contributed by atoms with Crippen LogP contribution in [-0.4, -0.2) is 32.4 Å². The molecular formula is C12H8Cl2N2O5S2. The first-order valence-corrected chi connectivity index (χ1v) is 8.87. The highest BCUT2D eigenvalue weighted by Crippen LogP contribution is 2.26. The average Bonchev–Trinajstić information content (AvgIpc) is 2.92. The van der Waals surface area contributed by atoms with Gasteiger partial charge in [-0.1, -0.05) is 40.6 Å². The van der Waals surface area contributed by atoms with Crippen molar-refractivity contribution >= 4 is 56.4 Å². The number of amides is 1. The largest absolute Gasteiger partial charge is 0.465 e. The molecule has 1 heterocycles. The standard InChI is InChI=1S/C12H8Cl2N2O5S2/c1-21-11(18)6-3-2-4-7(13)9(6)23(19,20)16-10(17)8-5-15-12(14)22-8/h2-5H,1H3,(H,16,17). The van der Waals surface area contributed by atoms with Crippen molar-refractivity contribution in [2.75, 3.05) is 7.11 Å². The second kappa shape index (κ2) is 6.83. The van der Waals surface area contributed by atoms with E-state index < -0.39 is 26.8 Å². The maximum absolute atomic E-state index is 12.4. The summed E-state index contributed by atoms with van der Waals surface area (Å²) in [6.07, 6.45) is 1.13. The van der Waals surface area contributed by atoms with E-state index in [-0.39, 0.29) is 19.9 Å². The highest BCUT2D eigenvalue weighted by atomic mass is 35.5. The number of sulfonamides is 1. The predicted octanol–water partition coefficient (Wildman–Crippen LogP) is 2.36. The quantitative estimate of drug-likeness (QED) is 0.798. The highest BCUT2D eigenvalue weighted by molar-refractivity contribution is 7.90. The maximum Gasteiger partial charge on any atom is 0.339 e. The van der Waals surface area contributed by atoms with Crippen LogP contribution in [0.1, 0.15) is 20.0 Å². The van der Waals surface area contributed by atoms with Crippen LogP contribution in [0.5, 0.6) is 0 Å². The monoisotopic (exact) mass is 394 g/mol. The molecule has 2 aromatic rings. The Morgan fingerprint density at radius 1 is 1.30 bits per heavy atom. The number of benzene rings is 1. The van der Waals surface area contributed by atoms with Gasteiger partial charge in [-0.2, -0.15) is 0 Å². The van der Waals surface area contributed by atoms with Crippen LogP contribution in [-0.2, 0) is 14.8 Å². The summed E-state index contributed by atoms with van der Waals surface area (Å²) in [6.45, 7) is 0. The van der Waals surface area contributed by atoms with Crippen molar-refractivity contribution in [1.29, 1.82) is 0 Å². The van der Waals surface area contributed by atoms with Gasteiger partial charge in [-0.3, -0.25) is 4.79 Å². The lowest BCUT2D eigenvalue weighted by molar-refractivity contribution is 0.0596. The van der Waals surface area contributed by atoms with Crippen molar-refractivity contribution in [2.45, 2.75) is 4.90 Å². The smallest absolute Gasteiger partial charge is 0.339 e. The van der Waals surface area contributed by atoms with E-state index in [4.69, 9.17) is 23.2 Å². The van der Waals surface area contributed by atoms with Gasteiger partial charge in [-0.05, 0) is 12.1 Å². The van der Waals surface area contributed by atoms with Gasteiger partial charge < -0.3 is 4.74 Å². The fourth-order valence-electron chi connectivity index (χ4n) is 1.63. The van der Waals surface area contributed by atoms with Crippen molar-refractivity contribution in [3.8, 4) is 0 Å². The Labute approximate surface area is 145 Å². The zero-order chi connectivity index (χ0) is 17.2. The lowest BCUT2D eigenvalue weighted by Crippen LogP contribution is -2.31. The number of nitrogens with one attached hydrogen (secondary N) is 1. The number of ether oxygens (including phenoxy) is 1. The number of aromatic nitrogens is 1. The van der Waals surface area contributed by atoms with Crippen molar-refractivity contribution in [3.05, 3.63) is 44.3 Å². The van der Waals surface area contributed by atoms with Crippen LogP contribution in [0.15, 0.2) is 29.3 Å². The summed E-state index contributed by atoms with van der Waals surface area (Å²) < 4.78 is 31.2. The molecule has 1 aromatic heterocycles. The van der Waals surface area contributed by atoms with Crippen molar-refractivity contribution in [1.82, 2.24) is 9.71 Å². The van der Waals surface area contributed by atoms with Crippen LogP contribution in [0.4, 0.5) is 0 Å². The number of nitrogens with zero attached hydrogens (tertiary/aromatic N) is 1. The minimum atomic E-state index is -4.41. The van der Waals surface area contributed by atoms with Gasteiger partial charge in [0.15, 0.2) is 4.47 Å². The third kappa shape index (κ3) is 3.81. The van der Waals surface area contributed by atoms with Gasteiger partial charge in [0.25, 0.3) is 15.9 Å². The second-order valence-electron chi connectivity index (χ2n) is 4.02. The van der Waals surface area contributed by atoms with Crippen molar-refractivity contribution < 1.29 is 22.7 Å². The number of methoxy groups -OCH3 is 1. The topological polar surface area (TPSA) is 102 Å². The Morgan fingerprint density at radius 3 is 2.57 bits per heavy atom. The Morgan fingerprint density at radius 2 is 2.00 bits per heavy atom. The van der Waals surface area contributed by atoms with Crippen LogP contribution < -0.4 is 4.72 Å². The fraction of sp³-hybridized carbons (Fsp3) is 0.0833. The van der Waals surface area contributed by atoms with Gasteiger partial charge in [-0.15, -0.1) is 0 Å². The van der Waals surface area contributed by atoms with Gasteiger partial charge in [0.05, 0.1) is 23.9 Å². The number of esters is 1. The summed E-state index contributed by atoms with van der Waals surface area (Å²) in [5.41, 5.74) is -0.289. The number of hydrogen-bond acceptors (Lipinski definition) is 7. The molecule has 0 atom stereocenters. The second-order valence-corrected chi connectivity index (χ2v) is 7.66. The van der Waals surface area contributed by atoms with Gasteiger partial charge >= 0.3 is 5.97 Å². The van der Waals surface area contributed by atoms with Crippen LogP contribution in [0, 0.1) is 0 Å². The Bertz CT molecular complexity index is 879. The molecular weight excluding hydrogens is 387 g/mol. The molecule has 7 nitrogen and oxygen atoms in total. The molecule has 0 aliphatic heterocycles. The number of carbonyl (C=O) groups excluding carboxylic acids is 2. The minimum absolute atomic E-state index is 0.00903. The Kier molecular flexibility index (Phi) is 5.25. The third-order valence-electron chi connectivity index (χ3n) is 2.57. The molecule has 11 heteroatoms. The number of halogens is 2. The van der Waals surface area contributed by atoms with E-state index in [1.54, 1.807) is 0 Å². The lowest BCUT2D eigenvalue weighted by Gasteiger charge is -2.11. The van der Waals surface area contributed by atoms with Crippen LogP contribution in [0.3, 0.4) is 0 Å².